The standard InChI is InChI=1S/C15H20FN3O2/c1-10(12-6-13(16)8-17-7-12)18-15(20)19-4-5-21-9-14(19)11-2-3-11/h6-8,10-11,14H,2-5,9H2,1H3,(H,18,20)/t10-,14?/m0/s1. The zero-order valence-corrected chi connectivity index (χ0v) is 12.1. The first-order chi connectivity index (χ1) is 10.1. The van der Waals surface area contributed by atoms with E-state index in [0.29, 0.717) is 31.2 Å². The highest BCUT2D eigenvalue weighted by atomic mass is 19.1. The van der Waals surface area contributed by atoms with Gasteiger partial charge in [-0.25, -0.2) is 9.18 Å². The number of hydrogen-bond donors (Lipinski definition) is 1. The highest BCUT2D eigenvalue weighted by Crippen LogP contribution is 2.36. The zero-order chi connectivity index (χ0) is 14.8. The number of amides is 2. The van der Waals surface area contributed by atoms with E-state index < -0.39 is 5.82 Å². The van der Waals surface area contributed by atoms with E-state index in [-0.39, 0.29) is 18.1 Å². The van der Waals surface area contributed by atoms with Gasteiger partial charge in [0.05, 0.1) is 31.5 Å². The summed E-state index contributed by atoms with van der Waals surface area (Å²) in [4.78, 5) is 18.1. The summed E-state index contributed by atoms with van der Waals surface area (Å²) in [7, 11) is 0. The molecule has 0 radical (unpaired) electrons. The Hall–Kier alpha value is -1.69. The number of nitrogens with one attached hydrogen (secondary N) is 1. The van der Waals surface area contributed by atoms with Crippen molar-refractivity contribution >= 4 is 6.03 Å². The Balaban J connectivity index is 1.64. The molecule has 1 unspecified atom stereocenters. The van der Waals surface area contributed by atoms with Crippen LogP contribution in [-0.2, 0) is 4.74 Å². The first-order valence-electron chi connectivity index (χ1n) is 7.40. The number of pyridine rings is 1. The van der Waals surface area contributed by atoms with Gasteiger partial charge in [0.1, 0.15) is 5.82 Å². The molecule has 1 aliphatic carbocycles. The summed E-state index contributed by atoms with van der Waals surface area (Å²) in [5, 5.41) is 2.93. The van der Waals surface area contributed by atoms with Crippen LogP contribution >= 0.6 is 0 Å². The van der Waals surface area contributed by atoms with E-state index in [1.807, 2.05) is 11.8 Å². The molecule has 1 aromatic heterocycles. The summed E-state index contributed by atoms with van der Waals surface area (Å²) >= 11 is 0. The number of ether oxygens (including phenoxy) is 1. The molecule has 1 N–H and O–H groups in total. The van der Waals surface area contributed by atoms with Crippen molar-refractivity contribution in [3.63, 3.8) is 0 Å². The number of carbonyl (C=O) groups excluding carboxylic acids is 1. The maximum Gasteiger partial charge on any atom is 0.318 e. The van der Waals surface area contributed by atoms with Crippen LogP contribution < -0.4 is 5.32 Å². The molecule has 1 aromatic rings. The Morgan fingerprint density at radius 3 is 3.05 bits per heavy atom. The van der Waals surface area contributed by atoms with E-state index in [2.05, 4.69) is 10.3 Å². The van der Waals surface area contributed by atoms with E-state index in [1.54, 1.807) is 6.20 Å². The predicted molar refractivity (Wildman–Crippen MR) is 75.2 cm³/mol. The van der Waals surface area contributed by atoms with E-state index in [4.69, 9.17) is 4.74 Å². The van der Waals surface area contributed by atoms with E-state index in [9.17, 15) is 9.18 Å². The number of nitrogens with zero attached hydrogens (tertiary/aromatic N) is 2. The monoisotopic (exact) mass is 293 g/mol. The van der Waals surface area contributed by atoms with E-state index in [1.165, 1.54) is 18.9 Å². The van der Waals surface area contributed by atoms with Gasteiger partial charge in [-0.15, -0.1) is 0 Å². The maximum absolute atomic E-state index is 13.2. The zero-order valence-electron chi connectivity index (χ0n) is 12.1. The van der Waals surface area contributed by atoms with Crippen molar-refractivity contribution in [2.24, 2.45) is 5.92 Å². The van der Waals surface area contributed by atoms with Gasteiger partial charge in [0.2, 0.25) is 0 Å². The molecule has 3 rings (SSSR count). The molecule has 21 heavy (non-hydrogen) atoms. The van der Waals surface area contributed by atoms with Crippen molar-refractivity contribution in [2.75, 3.05) is 19.8 Å². The summed E-state index contributed by atoms with van der Waals surface area (Å²) in [5.41, 5.74) is 0.666. The molecule has 0 aromatic carbocycles. The molecule has 2 heterocycles. The van der Waals surface area contributed by atoms with E-state index >= 15 is 0 Å². The Morgan fingerprint density at radius 2 is 2.33 bits per heavy atom. The van der Waals surface area contributed by atoms with Gasteiger partial charge in [-0.1, -0.05) is 0 Å². The summed E-state index contributed by atoms with van der Waals surface area (Å²) in [6.45, 7) is 3.64. The molecular weight excluding hydrogens is 273 g/mol. The SMILES string of the molecule is C[C@H](NC(=O)N1CCOCC1C1CC1)c1cncc(F)c1. The number of halogens is 1. The van der Waals surface area contributed by atoms with E-state index in [0.717, 1.165) is 6.20 Å². The molecular formula is C15H20FN3O2. The van der Waals surface area contributed by atoms with Gasteiger partial charge in [-0.3, -0.25) is 4.98 Å². The highest BCUT2D eigenvalue weighted by Gasteiger charge is 2.39. The van der Waals surface area contributed by atoms with Gasteiger partial charge in [-0.2, -0.15) is 0 Å². The lowest BCUT2D eigenvalue weighted by molar-refractivity contribution is 0.00421. The largest absolute Gasteiger partial charge is 0.377 e. The Labute approximate surface area is 123 Å². The average molecular weight is 293 g/mol. The van der Waals surface area contributed by atoms with Crippen LogP contribution in [0, 0.1) is 11.7 Å². The van der Waals surface area contributed by atoms with Gasteiger partial charge in [0, 0.05) is 12.7 Å². The van der Waals surface area contributed by atoms with Crippen LogP contribution in [0.3, 0.4) is 0 Å². The third-order valence-electron chi connectivity index (χ3n) is 4.16. The van der Waals surface area contributed by atoms with Crippen LogP contribution in [0.1, 0.15) is 31.4 Å². The lowest BCUT2D eigenvalue weighted by Crippen LogP contribution is -2.53. The Morgan fingerprint density at radius 1 is 1.52 bits per heavy atom. The molecule has 0 bridgehead atoms. The summed E-state index contributed by atoms with van der Waals surface area (Å²) in [6.07, 6.45) is 5.07. The van der Waals surface area contributed by atoms with Crippen LogP contribution in [0.15, 0.2) is 18.5 Å². The van der Waals surface area contributed by atoms with Crippen LogP contribution in [0.4, 0.5) is 9.18 Å². The summed E-state index contributed by atoms with van der Waals surface area (Å²) in [6, 6.07) is 1.20. The fourth-order valence-electron chi connectivity index (χ4n) is 2.76. The van der Waals surface area contributed by atoms with Crippen molar-refractivity contribution in [1.82, 2.24) is 15.2 Å². The fourth-order valence-corrected chi connectivity index (χ4v) is 2.76. The third-order valence-corrected chi connectivity index (χ3v) is 4.16. The second kappa shape index (κ2) is 5.97. The lowest BCUT2D eigenvalue weighted by atomic mass is 10.1. The minimum atomic E-state index is -0.393. The van der Waals surface area contributed by atoms with Crippen molar-refractivity contribution in [2.45, 2.75) is 31.8 Å². The topological polar surface area (TPSA) is 54.5 Å². The molecule has 114 valence electrons. The van der Waals surface area contributed by atoms with Crippen LogP contribution in [-0.4, -0.2) is 41.7 Å². The van der Waals surface area contributed by atoms with Crippen LogP contribution in [0.5, 0.6) is 0 Å². The second-order valence-electron chi connectivity index (χ2n) is 5.78. The lowest BCUT2D eigenvalue weighted by Gasteiger charge is -2.36. The maximum atomic E-state index is 13.2. The molecule has 2 fully saturated rings. The molecule has 1 saturated carbocycles. The highest BCUT2D eigenvalue weighted by molar-refractivity contribution is 5.75. The normalized spacial score (nSPS) is 23.7. The average Bonchev–Trinajstić information content (AvgIpc) is 3.32. The first kappa shape index (κ1) is 14.3. The number of hydrogen-bond acceptors (Lipinski definition) is 3. The number of carbonyl (C=O) groups is 1. The molecule has 6 heteroatoms. The van der Waals surface area contributed by atoms with Crippen LogP contribution in [0.25, 0.3) is 0 Å². The van der Waals surface area contributed by atoms with Crippen molar-refractivity contribution in [3.8, 4) is 0 Å². The van der Waals surface area contributed by atoms with Crippen molar-refractivity contribution in [1.29, 1.82) is 0 Å². The number of aromatic nitrogens is 1. The molecule has 2 aliphatic rings. The third kappa shape index (κ3) is 3.32. The van der Waals surface area contributed by atoms with Gasteiger partial charge < -0.3 is 15.0 Å². The molecule has 5 nitrogen and oxygen atoms in total. The number of morpholine rings is 1. The quantitative estimate of drug-likeness (QED) is 0.928. The molecule has 2 atom stereocenters. The van der Waals surface area contributed by atoms with Gasteiger partial charge in [0.25, 0.3) is 0 Å². The van der Waals surface area contributed by atoms with Gasteiger partial charge >= 0.3 is 6.03 Å². The second-order valence-corrected chi connectivity index (χ2v) is 5.78. The molecule has 1 aliphatic heterocycles. The Kier molecular flexibility index (Phi) is 4.05. The van der Waals surface area contributed by atoms with Crippen molar-refractivity contribution in [3.05, 3.63) is 29.8 Å². The molecule has 0 spiro atoms. The number of rotatable bonds is 3. The fraction of sp³-hybridized carbons (Fsp3) is 0.600. The minimum Gasteiger partial charge on any atom is -0.377 e. The van der Waals surface area contributed by atoms with Gasteiger partial charge in [0.15, 0.2) is 0 Å². The molecule has 2 amide bonds. The number of urea groups is 1. The minimum absolute atomic E-state index is 0.105. The summed E-state index contributed by atoms with van der Waals surface area (Å²) < 4.78 is 18.7. The smallest absolute Gasteiger partial charge is 0.318 e. The van der Waals surface area contributed by atoms with Crippen LogP contribution in [0.2, 0.25) is 0 Å². The first-order valence-corrected chi connectivity index (χ1v) is 7.40. The predicted octanol–water partition coefficient (Wildman–Crippen LogP) is 2.10. The van der Waals surface area contributed by atoms with Crippen molar-refractivity contribution < 1.29 is 13.9 Å². The summed E-state index contributed by atoms with van der Waals surface area (Å²) in [5.74, 6) is 0.179. The Bertz CT molecular complexity index is 521. The molecule has 1 saturated heterocycles. The van der Waals surface area contributed by atoms with Gasteiger partial charge in [-0.05, 0) is 37.3 Å².